The van der Waals surface area contributed by atoms with Crippen LogP contribution in [0.5, 0.6) is 5.75 Å². The number of fused-ring (bicyclic) bond motifs is 4. The summed E-state index contributed by atoms with van der Waals surface area (Å²) in [5.74, 6) is 0.274. The van der Waals surface area contributed by atoms with E-state index >= 15 is 0 Å². The highest BCUT2D eigenvalue weighted by Crippen LogP contribution is 2.47. The van der Waals surface area contributed by atoms with Crippen molar-refractivity contribution in [3.8, 4) is 5.75 Å². The Bertz CT molecular complexity index is 1640. The lowest BCUT2D eigenvalue weighted by Gasteiger charge is -2.47. The maximum atomic E-state index is 13.6. The van der Waals surface area contributed by atoms with Gasteiger partial charge >= 0.3 is 0 Å². The second-order valence-electron chi connectivity index (χ2n) is 13.5. The minimum Gasteiger partial charge on any atom is -0.490 e. The Hall–Kier alpha value is -3.08. The molecule has 242 valence electrons. The quantitative estimate of drug-likeness (QED) is 0.438. The van der Waals surface area contributed by atoms with Crippen LogP contribution in [-0.2, 0) is 36.2 Å². The van der Waals surface area contributed by atoms with Crippen molar-refractivity contribution in [1.82, 2.24) is 9.62 Å². The Kier molecular flexibility index (Phi) is 8.46. The van der Waals surface area contributed by atoms with Crippen molar-refractivity contribution >= 4 is 39.1 Å². The van der Waals surface area contributed by atoms with Crippen molar-refractivity contribution in [2.24, 2.45) is 11.8 Å². The monoisotopic (exact) mass is 655 g/mol. The van der Waals surface area contributed by atoms with Gasteiger partial charge in [-0.15, -0.1) is 0 Å². The van der Waals surface area contributed by atoms with Gasteiger partial charge in [0.1, 0.15) is 11.4 Å². The number of aryl methyl sites for hydroxylation is 1. The molecule has 6 rings (SSSR count). The molecule has 0 radical (unpaired) electrons. The van der Waals surface area contributed by atoms with Crippen LogP contribution in [-0.4, -0.2) is 70.1 Å². The molecule has 2 amide bonds. The Labute approximate surface area is 270 Å². The number of rotatable bonds is 1. The minimum absolute atomic E-state index is 0.0166. The summed E-state index contributed by atoms with van der Waals surface area (Å²) < 4.78 is 41.7. The number of anilines is 1. The molecule has 1 fully saturated rings. The Balaban J connectivity index is 1.46. The molecule has 45 heavy (non-hydrogen) atoms. The summed E-state index contributed by atoms with van der Waals surface area (Å²) in [7, 11) is -2.38. The second kappa shape index (κ2) is 11.9. The minimum atomic E-state index is -4.21. The van der Waals surface area contributed by atoms with E-state index in [0.29, 0.717) is 36.2 Å². The number of nitrogens with one attached hydrogen (secondary N) is 1. The maximum Gasteiger partial charge on any atom is 0.265 e. The van der Waals surface area contributed by atoms with Gasteiger partial charge in [-0.25, -0.2) is 13.1 Å². The molecule has 2 aliphatic carbocycles. The SMILES string of the molecule is CC(=O)N(C)[C@H]1/C=C\COC(C)(C)C(=O)NS(=O)(=O)c2ccc3c(c2)N(C[C@@H]2CC[C@H]21)C[C@@]1(CCCc2cc(Cl)ccc21)CO3. The molecule has 1 spiro atoms. The molecule has 11 heteroatoms. The van der Waals surface area contributed by atoms with Gasteiger partial charge in [0.15, 0.2) is 0 Å². The fourth-order valence-corrected chi connectivity index (χ4v) is 8.72. The molecule has 2 aromatic carbocycles. The Morgan fingerprint density at radius 2 is 1.96 bits per heavy atom. The molecule has 9 nitrogen and oxygen atoms in total. The highest BCUT2D eigenvalue weighted by Gasteiger charge is 2.45. The average Bonchev–Trinajstić information content (AvgIpc) is 3.12. The molecule has 1 saturated carbocycles. The number of sulfonamides is 1. The third kappa shape index (κ3) is 6.09. The number of amides is 2. The van der Waals surface area contributed by atoms with Crippen LogP contribution in [0.15, 0.2) is 53.4 Å². The van der Waals surface area contributed by atoms with Crippen molar-refractivity contribution in [2.45, 2.75) is 74.8 Å². The van der Waals surface area contributed by atoms with Crippen molar-refractivity contribution in [2.75, 3.05) is 38.3 Å². The normalized spacial score (nSPS) is 29.6. The predicted octanol–water partition coefficient (Wildman–Crippen LogP) is 4.86. The van der Waals surface area contributed by atoms with Crippen LogP contribution in [0.3, 0.4) is 0 Å². The van der Waals surface area contributed by atoms with Crippen LogP contribution in [0, 0.1) is 11.8 Å². The predicted molar refractivity (Wildman–Crippen MR) is 173 cm³/mol. The molecule has 0 unspecified atom stereocenters. The summed E-state index contributed by atoms with van der Waals surface area (Å²) in [5.41, 5.74) is 1.40. The second-order valence-corrected chi connectivity index (χ2v) is 15.7. The zero-order valence-corrected chi connectivity index (χ0v) is 27.9. The number of carbonyl (C=O) groups excluding carboxylic acids is 2. The first-order valence-corrected chi connectivity index (χ1v) is 17.6. The van der Waals surface area contributed by atoms with Crippen LogP contribution >= 0.6 is 11.6 Å². The van der Waals surface area contributed by atoms with Gasteiger partial charge in [-0.05, 0) is 99.2 Å². The highest BCUT2D eigenvalue weighted by atomic mass is 35.5. The van der Waals surface area contributed by atoms with E-state index < -0.39 is 21.5 Å². The number of likely N-dealkylation sites (N-methyl/N-ethyl adjacent to an activating group) is 1. The number of halogens is 1. The third-order valence-corrected chi connectivity index (χ3v) is 11.8. The number of benzene rings is 2. The zero-order valence-electron chi connectivity index (χ0n) is 26.3. The van der Waals surface area contributed by atoms with Gasteiger partial charge in [-0.1, -0.05) is 29.8 Å². The van der Waals surface area contributed by atoms with E-state index in [9.17, 15) is 18.0 Å². The molecule has 4 aliphatic rings. The Morgan fingerprint density at radius 1 is 1.16 bits per heavy atom. The highest BCUT2D eigenvalue weighted by molar-refractivity contribution is 7.90. The molecule has 2 bridgehead atoms. The van der Waals surface area contributed by atoms with Gasteiger partial charge in [0.25, 0.3) is 15.9 Å². The summed E-state index contributed by atoms with van der Waals surface area (Å²) in [4.78, 5) is 29.8. The van der Waals surface area contributed by atoms with Crippen molar-refractivity contribution < 1.29 is 27.5 Å². The van der Waals surface area contributed by atoms with Gasteiger partial charge in [-0.3, -0.25) is 9.59 Å². The van der Waals surface area contributed by atoms with Gasteiger partial charge in [-0.2, -0.15) is 0 Å². The van der Waals surface area contributed by atoms with Crippen LogP contribution in [0.1, 0.15) is 57.6 Å². The summed E-state index contributed by atoms with van der Waals surface area (Å²) in [5, 5.41) is 0.713. The molecule has 4 atom stereocenters. The summed E-state index contributed by atoms with van der Waals surface area (Å²) in [6.07, 6.45) is 8.64. The van der Waals surface area contributed by atoms with E-state index in [0.717, 1.165) is 32.1 Å². The fourth-order valence-electron chi connectivity index (χ4n) is 7.41. The van der Waals surface area contributed by atoms with Crippen LogP contribution in [0.2, 0.25) is 5.02 Å². The lowest BCUT2D eigenvalue weighted by molar-refractivity contribution is -0.139. The van der Waals surface area contributed by atoms with Crippen molar-refractivity contribution in [3.05, 3.63) is 64.7 Å². The summed E-state index contributed by atoms with van der Waals surface area (Å²) in [6.45, 7) is 6.50. The largest absolute Gasteiger partial charge is 0.490 e. The molecular weight excluding hydrogens is 614 g/mol. The van der Waals surface area contributed by atoms with E-state index in [-0.39, 0.29) is 40.7 Å². The maximum absolute atomic E-state index is 13.6. The molecule has 2 aromatic rings. The van der Waals surface area contributed by atoms with E-state index in [2.05, 4.69) is 21.8 Å². The van der Waals surface area contributed by atoms with E-state index in [1.807, 2.05) is 25.3 Å². The van der Waals surface area contributed by atoms with Crippen LogP contribution in [0.25, 0.3) is 0 Å². The topological polar surface area (TPSA) is 105 Å². The first-order valence-electron chi connectivity index (χ1n) is 15.7. The molecule has 1 N–H and O–H groups in total. The average molecular weight is 656 g/mol. The van der Waals surface area contributed by atoms with Crippen molar-refractivity contribution in [1.29, 1.82) is 0 Å². The number of carbonyl (C=O) groups is 2. The van der Waals surface area contributed by atoms with Crippen molar-refractivity contribution in [3.63, 3.8) is 0 Å². The smallest absolute Gasteiger partial charge is 0.265 e. The number of nitrogens with zero attached hydrogens (tertiary/aromatic N) is 2. The lowest BCUT2D eigenvalue weighted by atomic mass is 9.67. The first-order chi connectivity index (χ1) is 21.3. The molecule has 2 aliphatic heterocycles. The number of hydrogen-bond donors (Lipinski definition) is 1. The molecule has 0 aromatic heterocycles. The summed E-state index contributed by atoms with van der Waals surface area (Å²) >= 11 is 6.41. The van der Waals surface area contributed by atoms with E-state index in [4.69, 9.17) is 21.1 Å². The van der Waals surface area contributed by atoms with Gasteiger partial charge in [0.2, 0.25) is 5.91 Å². The number of ether oxygens (including phenoxy) is 2. The third-order valence-electron chi connectivity index (χ3n) is 10.3. The van der Waals surface area contributed by atoms with Crippen LogP contribution in [0.4, 0.5) is 5.69 Å². The fraction of sp³-hybridized carbons (Fsp3) is 0.529. The standard InChI is InChI=1S/C34H42ClN3O6S/c1-22(39)37(4)29-8-6-16-44-33(2,3)32(40)36-45(41,42)26-11-14-31-30(18-26)38(19-24-9-12-27(24)29)20-34(21-43-31)15-5-7-23-17-25(35)10-13-28(23)34/h6,8,10-11,13-14,17-18,24,27,29H,5,7,9,12,15-16,19-21H2,1-4H3,(H,36,40)/b8-6-/t24-,27+,29-,34-/m0/s1. The molecular formula is C34H42ClN3O6S. The van der Waals surface area contributed by atoms with Crippen LogP contribution < -0.4 is 14.4 Å². The summed E-state index contributed by atoms with van der Waals surface area (Å²) in [6, 6.07) is 10.8. The Morgan fingerprint density at radius 3 is 2.69 bits per heavy atom. The van der Waals surface area contributed by atoms with Gasteiger partial charge in [0, 0.05) is 37.5 Å². The molecule has 0 saturated heterocycles. The molecule has 2 heterocycles. The van der Waals surface area contributed by atoms with Gasteiger partial charge < -0.3 is 19.3 Å². The lowest BCUT2D eigenvalue weighted by Crippen LogP contribution is -2.52. The van der Waals surface area contributed by atoms with Gasteiger partial charge in [0.05, 0.1) is 29.8 Å². The zero-order chi connectivity index (χ0) is 32.1. The first kappa shape index (κ1) is 31.9. The number of hydrogen-bond acceptors (Lipinski definition) is 7. The van der Waals surface area contributed by atoms with E-state index in [1.54, 1.807) is 24.0 Å². The van der Waals surface area contributed by atoms with E-state index in [1.165, 1.54) is 31.0 Å².